The molecule has 5 heteroatoms. The van der Waals surface area contributed by atoms with E-state index >= 15 is 0 Å². The summed E-state index contributed by atoms with van der Waals surface area (Å²) in [4.78, 5) is 11.8. The molecule has 1 rings (SSSR count). The number of nitrogens with one attached hydrogen (secondary N) is 1. The fourth-order valence-corrected chi connectivity index (χ4v) is 1.68. The first-order chi connectivity index (χ1) is 7.70. The molecule has 4 nitrogen and oxygen atoms in total. The van der Waals surface area contributed by atoms with Gasteiger partial charge in [-0.05, 0) is 22.4 Å². The number of rotatable bonds is 5. The van der Waals surface area contributed by atoms with Crippen molar-refractivity contribution in [3.8, 4) is 12.3 Å². The minimum atomic E-state index is -0.118. The topological polar surface area (TPSA) is 46.9 Å². The third kappa shape index (κ3) is 3.11. The van der Waals surface area contributed by atoms with Crippen LogP contribution in [0.4, 0.5) is 5.69 Å². The van der Waals surface area contributed by atoms with E-state index in [1.54, 1.807) is 6.20 Å². The number of anilines is 1. The fraction of sp³-hybridized carbons (Fsp3) is 0.455. The van der Waals surface area contributed by atoms with E-state index in [1.807, 2.05) is 6.92 Å². The smallest absolute Gasteiger partial charge is 0.283 e. The molecule has 1 heterocycles. The SMILES string of the molecule is C#CCCNc1cnn(CCC)c(=O)c1Br. The Balaban J connectivity index is 2.86. The molecule has 0 amide bonds. The largest absolute Gasteiger partial charge is 0.382 e. The minimum Gasteiger partial charge on any atom is -0.382 e. The second-order valence-corrected chi connectivity index (χ2v) is 4.07. The zero-order chi connectivity index (χ0) is 12.0. The van der Waals surface area contributed by atoms with Crippen LogP contribution in [0.25, 0.3) is 0 Å². The van der Waals surface area contributed by atoms with Crippen LogP contribution in [0.2, 0.25) is 0 Å². The number of hydrogen-bond donors (Lipinski definition) is 1. The Kier molecular flexibility index (Phi) is 5.06. The Hall–Kier alpha value is -1.28. The molecule has 0 spiro atoms. The lowest BCUT2D eigenvalue weighted by Gasteiger charge is -2.08. The molecule has 0 aromatic carbocycles. The van der Waals surface area contributed by atoms with Crippen molar-refractivity contribution in [2.45, 2.75) is 26.3 Å². The molecule has 0 atom stereocenters. The van der Waals surface area contributed by atoms with E-state index in [9.17, 15) is 4.79 Å². The van der Waals surface area contributed by atoms with Gasteiger partial charge in [-0.2, -0.15) is 5.10 Å². The zero-order valence-electron chi connectivity index (χ0n) is 9.16. The number of hydrogen-bond acceptors (Lipinski definition) is 3. The molecule has 0 saturated carbocycles. The lowest BCUT2D eigenvalue weighted by molar-refractivity contribution is 0.566. The van der Waals surface area contributed by atoms with E-state index in [0.717, 1.165) is 6.42 Å². The molecule has 0 aliphatic rings. The van der Waals surface area contributed by atoms with Crippen molar-refractivity contribution in [1.29, 1.82) is 0 Å². The quantitative estimate of drug-likeness (QED) is 0.663. The summed E-state index contributed by atoms with van der Waals surface area (Å²) in [6.07, 6.45) is 8.27. The first-order valence-corrected chi connectivity index (χ1v) is 5.93. The molecule has 0 fully saturated rings. The molecule has 16 heavy (non-hydrogen) atoms. The van der Waals surface area contributed by atoms with Crippen LogP contribution in [0.5, 0.6) is 0 Å². The van der Waals surface area contributed by atoms with Gasteiger partial charge < -0.3 is 5.32 Å². The molecule has 0 unspecified atom stereocenters. The number of nitrogens with zero attached hydrogens (tertiary/aromatic N) is 2. The van der Waals surface area contributed by atoms with Crippen LogP contribution in [0, 0.1) is 12.3 Å². The minimum absolute atomic E-state index is 0.118. The first-order valence-electron chi connectivity index (χ1n) is 5.13. The highest BCUT2D eigenvalue weighted by Crippen LogP contribution is 2.15. The molecule has 0 radical (unpaired) electrons. The summed E-state index contributed by atoms with van der Waals surface area (Å²) in [5.41, 5.74) is 0.570. The molecule has 1 aromatic heterocycles. The monoisotopic (exact) mass is 283 g/mol. The molecule has 0 saturated heterocycles. The molecule has 0 bridgehead atoms. The Labute approximate surface area is 103 Å². The van der Waals surface area contributed by atoms with E-state index in [1.165, 1.54) is 4.68 Å². The lowest BCUT2D eigenvalue weighted by Crippen LogP contribution is -2.24. The van der Waals surface area contributed by atoms with Gasteiger partial charge in [0.2, 0.25) is 0 Å². The third-order valence-corrected chi connectivity index (χ3v) is 2.77. The van der Waals surface area contributed by atoms with Crippen molar-refractivity contribution < 1.29 is 0 Å². The maximum absolute atomic E-state index is 11.8. The molecule has 0 aliphatic heterocycles. The predicted molar refractivity (Wildman–Crippen MR) is 68.4 cm³/mol. The number of aromatic nitrogens is 2. The van der Waals surface area contributed by atoms with Crippen LogP contribution < -0.4 is 10.9 Å². The molecule has 86 valence electrons. The number of halogens is 1. The van der Waals surface area contributed by atoms with Crippen LogP contribution in [0.15, 0.2) is 15.5 Å². The first kappa shape index (κ1) is 12.8. The van der Waals surface area contributed by atoms with Crippen molar-refractivity contribution in [3.05, 3.63) is 21.0 Å². The second kappa shape index (κ2) is 6.33. The number of aryl methyl sites for hydroxylation is 1. The summed E-state index contributed by atoms with van der Waals surface area (Å²) in [6.45, 7) is 3.26. The molecule has 1 aromatic rings. The van der Waals surface area contributed by atoms with Gasteiger partial charge >= 0.3 is 0 Å². The summed E-state index contributed by atoms with van der Waals surface area (Å²) in [7, 11) is 0. The standard InChI is InChI=1S/C11H14BrN3O/c1-3-5-6-13-9-8-14-15(7-4-2)11(16)10(9)12/h1,8,13H,4-7H2,2H3. The van der Waals surface area contributed by atoms with Crippen LogP contribution >= 0.6 is 15.9 Å². The van der Waals surface area contributed by atoms with Crippen LogP contribution in [0.3, 0.4) is 0 Å². The average molecular weight is 284 g/mol. The summed E-state index contributed by atoms with van der Waals surface area (Å²) >= 11 is 3.27. The maximum Gasteiger partial charge on any atom is 0.283 e. The fourth-order valence-electron chi connectivity index (χ4n) is 1.23. The van der Waals surface area contributed by atoms with Crippen molar-refractivity contribution in [2.75, 3.05) is 11.9 Å². The van der Waals surface area contributed by atoms with Gasteiger partial charge in [0, 0.05) is 19.5 Å². The Morgan fingerprint density at radius 3 is 3.06 bits per heavy atom. The van der Waals surface area contributed by atoms with Gasteiger partial charge in [0.05, 0.1) is 11.9 Å². The van der Waals surface area contributed by atoms with E-state index in [2.05, 4.69) is 32.3 Å². The Bertz CT molecular complexity index is 448. The average Bonchev–Trinajstić information content (AvgIpc) is 2.28. The molecule has 0 aliphatic carbocycles. The highest BCUT2D eigenvalue weighted by molar-refractivity contribution is 9.10. The van der Waals surface area contributed by atoms with E-state index < -0.39 is 0 Å². The van der Waals surface area contributed by atoms with Gasteiger partial charge in [-0.25, -0.2) is 4.68 Å². The summed E-state index contributed by atoms with van der Waals surface area (Å²) in [6, 6.07) is 0. The summed E-state index contributed by atoms with van der Waals surface area (Å²) in [5.74, 6) is 2.52. The second-order valence-electron chi connectivity index (χ2n) is 3.28. The Morgan fingerprint density at radius 1 is 1.69 bits per heavy atom. The third-order valence-electron chi connectivity index (χ3n) is 2.01. The summed E-state index contributed by atoms with van der Waals surface area (Å²) in [5, 5.41) is 7.13. The van der Waals surface area contributed by atoms with Crippen LogP contribution in [-0.2, 0) is 6.54 Å². The maximum atomic E-state index is 11.8. The van der Waals surface area contributed by atoms with E-state index in [4.69, 9.17) is 6.42 Å². The molecule has 1 N–H and O–H groups in total. The van der Waals surface area contributed by atoms with Crippen molar-refractivity contribution in [3.63, 3.8) is 0 Å². The van der Waals surface area contributed by atoms with Gasteiger partial charge in [-0.1, -0.05) is 6.92 Å². The van der Waals surface area contributed by atoms with Gasteiger partial charge in [0.15, 0.2) is 0 Å². The van der Waals surface area contributed by atoms with Gasteiger partial charge in [-0.3, -0.25) is 4.79 Å². The zero-order valence-corrected chi connectivity index (χ0v) is 10.7. The highest BCUT2D eigenvalue weighted by Gasteiger charge is 2.07. The predicted octanol–water partition coefficient (Wildman–Crippen LogP) is 1.85. The van der Waals surface area contributed by atoms with Crippen LogP contribution in [0.1, 0.15) is 19.8 Å². The van der Waals surface area contributed by atoms with Crippen molar-refractivity contribution >= 4 is 21.6 Å². The lowest BCUT2D eigenvalue weighted by atomic mass is 10.4. The van der Waals surface area contributed by atoms with Gasteiger partial charge in [-0.15, -0.1) is 12.3 Å². The van der Waals surface area contributed by atoms with Gasteiger partial charge in [0.25, 0.3) is 5.56 Å². The number of terminal acetylenes is 1. The summed E-state index contributed by atoms with van der Waals surface area (Å²) < 4.78 is 1.95. The van der Waals surface area contributed by atoms with E-state index in [0.29, 0.717) is 29.7 Å². The highest BCUT2D eigenvalue weighted by atomic mass is 79.9. The van der Waals surface area contributed by atoms with Crippen molar-refractivity contribution in [2.24, 2.45) is 0 Å². The van der Waals surface area contributed by atoms with Gasteiger partial charge in [0.1, 0.15) is 4.47 Å². The van der Waals surface area contributed by atoms with Crippen LogP contribution in [-0.4, -0.2) is 16.3 Å². The van der Waals surface area contributed by atoms with Crippen molar-refractivity contribution in [1.82, 2.24) is 9.78 Å². The molecular formula is C11H14BrN3O. The van der Waals surface area contributed by atoms with E-state index in [-0.39, 0.29) is 5.56 Å². The molecular weight excluding hydrogens is 270 g/mol. The Morgan fingerprint density at radius 2 is 2.44 bits per heavy atom. The normalized spacial score (nSPS) is 9.81.